The van der Waals surface area contributed by atoms with E-state index in [1.165, 1.54) is 10.4 Å². The summed E-state index contributed by atoms with van der Waals surface area (Å²) in [7, 11) is 1.66. The van der Waals surface area contributed by atoms with Crippen molar-refractivity contribution in [1.82, 2.24) is 14.7 Å². The highest BCUT2D eigenvalue weighted by molar-refractivity contribution is 7.10. The molecule has 5 heterocycles. The molecule has 1 unspecified atom stereocenters. The standard InChI is InChI=1S/C28H34N6O3S/c1-28(26(35)33-10-5-19-9-14-38-24(19)17-33)16-25(29-18-30-28)32-11-7-21(8-12-32)34-13-6-20-15-22(37-2)3-4-23(20)31-27(34)36/h3-4,9,14-15,18,21H,5-8,10-13,16-17H2,1-2H3,(H,31,36). The number of ether oxygens (including phenoxy) is 1. The summed E-state index contributed by atoms with van der Waals surface area (Å²) < 4.78 is 5.36. The molecule has 0 spiro atoms. The van der Waals surface area contributed by atoms with Gasteiger partial charge in [-0.1, -0.05) is 0 Å². The Morgan fingerprint density at radius 2 is 1.95 bits per heavy atom. The summed E-state index contributed by atoms with van der Waals surface area (Å²) in [6.45, 7) is 5.62. The fourth-order valence-corrected chi connectivity index (χ4v) is 6.98. The first-order chi connectivity index (χ1) is 18.4. The Kier molecular flexibility index (Phi) is 6.59. The maximum atomic E-state index is 13.6. The van der Waals surface area contributed by atoms with Crippen LogP contribution >= 0.6 is 11.3 Å². The van der Waals surface area contributed by atoms with Gasteiger partial charge in [0.25, 0.3) is 5.91 Å². The molecule has 3 amide bonds. The fourth-order valence-electron chi connectivity index (χ4n) is 6.04. The van der Waals surface area contributed by atoms with E-state index >= 15 is 0 Å². The number of amidine groups is 1. The second kappa shape index (κ2) is 10.1. The van der Waals surface area contributed by atoms with E-state index in [9.17, 15) is 9.59 Å². The van der Waals surface area contributed by atoms with Crippen molar-refractivity contribution in [2.75, 3.05) is 38.6 Å². The Hall–Kier alpha value is -3.40. The topological polar surface area (TPSA) is 89.8 Å². The van der Waals surface area contributed by atoms with Crippen LogP contribution in [0.25, 0.3) is 0 Å². The van der Waals surface area contributed by atoms with Gasteiger partial charge in [-0.25, -0.2) is 9.79 Å². The number of carbonyl (C=O) groups excluding carboxylic acids is 2. The molecule has 200 valence electrons. The van der Waals surface area contributed by atoms with Crippen LogP contribution in [0.15, 0.2) is 39.6 Å². The van der Waals surface area contributed by atoms with Crippen molar-refractivity contribution in [2.24, 2.45) is 9.98 Å². The minimum Gasteiger partial charge on any atom is -0.497 e. The van der Waals surface area contributed by atoms with E-state index in [2.05, 4.69) is 31.6 Å². The summed E-state index contributed by atoms with van der Waals surface area (Å²) in [4.78, 5) is 43.3. The van der Waals surface area contributed by atoms with Crippen molar-refractivity contribution < 1.29 is 14.3 Å². The predicted molar refractivity (Wildman–Crippen MR) is 149 cm³/mol. The first-order valence-corrected chi connectivity index (χ1v) is 14.3. The Balaban J connectivity index is 1.07. The summed E-state index contributed by atoms with van der Waals surface area (Å²) in [5.41, 5.74) is 2.49. The molecule has 4 aliphatic rings. The largest absolute Gasteiger partial charge is 0.497 e. The van der Waals surface area contributed by atoms with Gasteiger partial charge in [0.2, 0.25) is 0 Å². The smallest absolute Gasteiger partial charge is 0.322 e. The summed E-state index contributed by atoms with van der Waals surface area (Å²) in [5, 5.41) is 5.20. The Morgan fingerprint density at radius 1 is 1.13 bits per heavy atom. The monoisotopic (exact) mass is 534 g/mol. The van der Waals surface area contributed by atoms with Gasteiger partial charge in [-0.3, -0.25) is 9.79 Å². The number of nitrogens with zero attached hydrogens (tertiary/aromatic N) is 5. The predicted octanol–water partition coefficient (Wildman–Crippen LogP) is 3.79. The highest BCUT2D eigenvalue weighted by Gasteiger charge is 2.41. The summed E-state index contributed by atoms with van der Waals surface area (Å²) in [6.07, 6.45) is 5.49. The molecule has 0 radical (unpaired) electrons. The molecule has 4 aliphatic heterocycles. The molecule has 2 aromatic rings. The molecule has 0 saturated carbocycles. The number of nitrogens with one attached hydrogen (secondary N) is 1. The summed E-state index contributed by atoms with van der Waals surface area (Å²) in [6, 6.07) is 8.10. The van der Waals surface area contributed by atoms with Gasteiger partial charge in [-0.15, -0.1) is 11.3 Å². The van der Waals surface area contributed by atoms with Crippen LogP contribution in [0.5, 0.6) is 5.75 Å². The third-order valence-electron chi connectivity index (χ3n) is 8.33. The first-order valence-electron chi connectivity index (χ1n) is 13.4. The van der Waals surface area contributed by atoms with Crippen molar-refractivity contribution in [3.05, 3.63) is 45.6 Å². The molecule has 0 bridgehead atoms. The third kappa shape index (κ3) is 4.66. The average Bonchev–Trinajstić information content (AvgIpc) is 3.35. The summed E-state index contributed by atoms with van der Waals surface area (Å²) >= 11 is 1.72. The van der Waals surface area contributed by atoms with Crippen LogP contribution in [0, 0.1) is 0 Å². The van der Waals surface area contributed by atoms with Crippen LogP contribution in [0.2, 0.25) is 0 Å². The number of amides is 3. The van der Waals surface area contributed by atoms with Crippen LogP contribution < -0.4 is 10.1 Å². The van der Waals surface area contributed by atoms with Crippen LogP contribution in [-0.4, -0.2) is 83.7 Å². The van der Waals surface area contributed by atoms with E-state index in [1.807, 2.05) is 34.9 Å². The molecule has 1 atom stereocenters. The van der Waals surface area contributed by atoms with Crippen LogP contribution in [-0.2, 0) is 24.2 Å². The molecular weight excluding hydrogens is 500 g/mol. The Morgan fingerprint density at radius 3 is 2.76 bits per heavy atom. The van der Waals surface area contributed by atoms with E-state index in [0.717, 1.165) is 68.2 Å². The molecular formula is C28H34N6O3S. The van der Waals surface area contributed by atoms with Crippen molar-refractivity contribution in [2.45, 2.75) is 57.2 Å². The SMILES string of the molecule is COc1ccc2c(c1)CCN(C1CCN(C3=NC=NC(C)(C(=O)N4CCc5ccsc5C4)C3)CC1)C(=O)N2. The van der Waals surface area contributed by atoms with E-state index < -0.39 is 5.54 Å². The van der Waals surface area contributed by atoms with Gasteiger partial charge in [-0.2, -0.15) is 0 Å². The lowest BCUT2D eigenvalue weighted by Crippen LogP contribution is -2.53. The van der Waals surface area contributed by atoms with Gasteiger partial charge < -0.3 is 24.8 Å². The number of methoxy groups -OCH3 is 1. The van der Waals surface area contributed by atoms with Gasteiger partial charge in [0.1, 0.15) is 23.5 Å². The highest BCUT2D eigenvalue weighted by atomic mass is 32.1. The third-order valence-corrected chi connectivity index (χ3v) is 9.28. The molecule has 10 heteroatoms. The zero-order valence-corrected chi connectivity index (χ0v) is 22.8. The molecule has 1 aromatic carbocycles. The van der Waals surface area contributed by atoms with Crippen molar-refractivity contribution in [3.63, 3.8) is 0 Å². The van der Waals surface area contributed by atoms with Gasteiger partial charge >= 0.3 is 6.03 Å². The number of urea groups is 1. The van der Waals surface area contributed by atoms with E-state index in [1.54, 1.807) is 24.8 Å². The van der Waals surface area contributed by atoms with Gasteiger partial charge in [0.05, 0.1) is 13.7 Å². The maximum Gasteiger partial charge on any atom is 0.322 e. The van der Waals surface area contributed by atoms with E-state index in [4.69, 9.17) is 4.74 Å². The lowest BCUT2D eigenvalue weighted by Gasteiger charge is -2.41. The number of rotatable bonds is 3. The number of benzene rings is 1. The second-order valence-electron chi connectivity index (χ2n) is 10.7. The number of anilines is 1. The lowest BCUT2D eigenvalue weighted by molar-refractivity contribution is -0.137. The molecule has 1 aromatic heterocycles. The fraction of sp³-hybridized carbons (Fsp3) is 0.500. The van der Waals surface area contributed by atoms with E-state index in [0.29, 0.717) is 19.5 Å². The zero-order chi connectivity index (χ0) is 26.3. The minimum absolute atomic E-state index is 0.0388. The number of aliphatic imine (C=N–C) groups is 2. The van der Waals surface area contributed by atoms with Crippen molar-refractivity contribution in [1.29, 1.82) is 0 Å². The van der Waals surface area contributed by atoms with Crippen molar-refractivity contribution in [3.8, 4) is 5.75 Å². The number of piperidine rings is 1. The number of hydrogen-bond donors (Lipinski definition) is 1. The van der Waals surface area contributed by atoms with Crippen molar-refractivity contribution >= 4 is 41.1 Å². The van der Waals surface area contributed by atoms with Gasteiger partial charge in [-0.05, 0) is 73.4 Å². The minimum atomic E-state index is -0.833. The summed E-state index contributed by atoms with van der Waals surface area (Å²) in [5.74, 6) is 1.80. The van der Waals surface area contributed by atoms with Crippen LogP contribution in [0.4, 0.5) is 10.5 Å². The van der Waals surface area contributed by atoms with Gasteiger partial charge in [0, 0.05) is 49.2 Å². The zero-order valence-electron chi connectivity index (χ0n) is 22.0. The lowest BCUT2D eigenvalue weighted by atomic mass is 9.92. The molecule has 1 fully saturated rings. The van der Waals surface area contributed by atoms with Gasteiger partial charge in [0.15, 0.2) is 0 Å². The normalized spacial score (nSPS) is 23.8. The Labute approximate surface area is 227 Å². The highest BCUT2D eigenvalue weighted by Crippen LogP contribution is 2.31. The molecule has 9 nitrogen and oxygen atoms in total. The number of thiophene rings is 1. The average molecular weight is 535 g/mol. The van der Waals surface area contributed by atoms with E-state index in [-0.39, 0.29) is 18.0 Å². The number of likely N-dealkylation sites (tertiary alicyclic amines) is 1. The molecule has 1 saturated heterocycles. The molecule has 1 N–H and O–H groups in total. The molecule has 0 aliphatic carbocycles. The maximum absolute atomic E-state index is 13.6. The second-order valence-corrected chi connectivity index (χ2v) is 11.7. The number of carbonyl (C=O) groups is 2. The Bertz CT molecular complexity index is 1300. The van der Waals surface area contributed by atoms with Crippen LogP contribution in [0.3, 0.4) is 0 Å². The molecule has 38 heavy (non-hydrogen) atoms. The van der Waals surface area contributed by atoms with Crippen LogP contribution in [0.1, 0.15) is 42.2 Å². The number of hydrogen-bond acceptors (Lipinski definition) is 7. The quantitative estimate of drug-likeness (QED) is 0.649. The molecule has 6 rings (SSSR count). The number of fused-ring (bicyclic) bond motifs is 2. The first kappa shape index (κ1) is 24.9.